The van der Waals surface area contributed by atoms with Gasteiger partial charge in [-0.1, -0.05) is 0 Å². The normalized spacial score (nSPS) is 18.4. The van der Waals surface area contributed by atoms with E-state index in [1.807, 2.05) is 0 Å². The molecule has 0 saturated heterocycles. The van der Waals surface area contributed by atoms with Gasteiger partial charge in [-0.05, 0) is 32.8 Å². The summed E-state index contributed by atoms with van der Waals surface area (Å²) in [6.07, 6.45) is -1.58. The van der Waals surface area contributed by atoms with E-state index in [2.05, 4.69) is 5.32 Å². The first-order valence-electron chi connectivity index (χ1n) is 6.10. The van der Waals surface area contributed by atoms with Gasteiger partial charge in [0, 0.05) is 6.42 Å². The number of nitrogens with one attached hydrogen (secondary N) is 2. The van der Waals surface area contributed by atoms with E-state index < -0.39 is 18.1 Å². The van der Waals surface area contributed by atoms with Gasteiger partial charge in [0.2, 0.25) is 0 Å². The lowest BCUT2D eigenvalue weighted by Crippen LogP contribution is -2.24. The van der Waals surface area contributed by atoms with Crippen LogP contribution in [0.2, 0.25) is 0 Å². The molecule has 0 bridgehead atoms. The van der Waals surface area contributed by atoms with Gasteiger partial charge in [0.1, 0.15) is 5.57 Å². The van der Waals surface area contributed by atoms with Crippen LogP contribution in [0.3, 0.4) is 0 Å². The Kier molecular flexibility index (Phi) is 4.85. The lowest BCUT2D eigenvalue weighted by molar-refractivity contribution is -0.115. The highest BCUT2D eigenvalue weighted by Gasteiger charge is 2.31. The van der Waals surface area contributed by atoms with Crippen molar-refractivity contribution in [3.8, 4) is 0 Å². The zero-order valence-electron chi connectivity index (χ0n) is 11.3. The monoisotopic (exact) mass is 268 g/mol. The van der Waals surface area contributed by atoms with Gasteiger partial charge < -0.3 is 26.0 Å². The van der Waals surface area contributed by atoms with Gasteiger partial charge in [-0.3, -0.25) is 4.79 Å². The molecule has 19 heavy (non-hydrogen) atoms. The molecule has 106 valence electrons. The summed E-state index contributed by atoms with van der Waals surface area (Å²) in [4.78, 5) is 11.7. The van der Waals surface area contributed by atoms with Crippen LogP contribution in [0.25, 0.3) is 0 Å². The molecule has 5 N–H and O–H groups in total. The zero-order chi connectivity index (χ0) is 14.7. The van der Waals surface area contributed by atoms with Crippen LogP contribution in [-0.4, -0.2) is 39.1 Å². The van der Waals surface area contributed by atoms with E-state index in [-0.39, 0.29) is 29.9 Å². The maximum Gasteiger partial charge on any atom is 0.261 e. The smallest absolute Gasteiger partial charge is 0.261 e. The summed E-state index contributed by atoms with van der Waals surface area (Å²) in [5.41, 5.74) is 0.799. The van der Waals surface area contributed by atoms with Crippen LogP contribution in [0.15, 0.2) is 22.6 Å². The van der Waals surface area contributed by atoms with Crippen molar-refractivity contribution in [3.05, 3.63) is 22.6 Å². The number of rotatable bonds is 5. The molecule has 0 aromatic heterocycles. The molecule has 1 aliphatic heterocycles. The molecule has 0 aliphatic carbocycles. The molecule has 6 heteroatoms. The Morgan fingerprint density at radius 3 is 2.37 bits per heavy atom. The van der Waals surface area contributed by atoms with E-state index in [1.165, 1.54) is 6.92 Å². The van der Waals surface area contributed by atoms with Crippen LogP contribution in [0, 0.1) is 5.41 Å². The van der Waals surface area contributed by atoms with Gasteiger partial charge in [0.15, 0.2) is 5.76 Å². The van der Waals surface area contributed by atoms with Crippen molar-refractivity contribution < 1.29 is 20.1 Å². The van der Waals surface area contributed by atoms with Crippen LogP contribution >= 0.6 is 0 Å². The molecule has 0 fully saturated rings. The average molecular weight is 268 g/mol. The summed E-state index contributed by atoms with van der Waals surface area (Å²) in [6.45, 7) is 5.01. The predicted molar refractivity (Wildman–Crippen MR) is 70.8 cm³/mol. The molecule has 1 amide bonds. The number of carbonyl (C=O) groups excluding carboxylic acids is 1. The first-order valence-corrected chi connectivity index (χ1v) is 6.10. The Morgan fingerprint density at radius 2 is 1.95 bits per heavy atom. The van der Waals surface area contributed by atoms with Crippen molar-refractivity contribution in [2.45, 2.75) is 45.8 Å². The standard InChI is InChI=1S/C13H20N2O4/c1-6(2)11-12(18)10(13(19)15-11)9(14)5-8(17)4-7(3)16/h7-8,14,16-18H,4-5H2,1-3H3,(H,15,19)/t7-,8?/m0/s1. The number of amides is 1. The molecule has 0 spiro atoms. The third kappa shape index (κ3) is 3.65. The molecule has 1 aliphatic rings. The van der Waals surface area contributed by atoms with Gasteiger partial charge in [-0.2, -0.15) is 0 Å². The summed E-state index contributed by atoms with van der Waals surface area (Å²) in [7, 11) is 0. The Hall–Kier alpha value is -1.66. The summed E-state index contributed by atoms with van der Waals surface area (Å²) in [5, 5.41) is 39.0. The Morgan fingerprint density at radius 1 is 1.37 bits per heavy atom. The van der Waals surface area contributed by atoms with Crippen molar-refractivity contribution in [1.82, 2.24) is 5.32 Å². The van der Waals surface area contributed by atoms with Gasteiger partial charge >= 0.3 is 0 Å². The first-order chi connectivity index (χ1) is 8.73. The highest BCUT2D eigenvalue weighted by molar-refractivity contribution is 6.23. The number of aliphatic hydroxyl groups is 3. The fourth-order valence-corrected chi connectivity index (χ4v) is 1.92. The summed E-state index contributed by atoms with van der Waals surface area (Å²) >= 11 is 0. The molecule has 0 aromatic rings. The topological polar surface area (TPSA) is 114 Å². The molecule has 1 unspecified atom stereocenters. The predicted octanol–water partition coefficient (Wildman–Crippen LogP) is 0.764. The highest BCUT2D eigenvalue weighted by atomic mass is 16.3. The van der Waals surface area contributed by atoms with Crippen molar-refractivity contribution in [2.75, 3.05) is 0 Å². The van der Waals surface area contributed by atoms with Crippen LogP contribution in [-0.2, 0) is 4.79 Å². The van der Waals surface area contributed by atoms with Crippen molar-refractivity contribution in [3.63, 3.8) is 0 Å². The van der Waals surface area contributed by atoms with Gasteiger partial charge in [0.05, 0.1) is 23.6 Å². The lowest BCUT2D eigenvalue weighted by Gasteiger charge is -2.12. The fourth-order valence-electron chi connectivity index (χ4n) is 1.92. The van der Waals surface area contributed by atoms with Crippen molar-refractivity contribution in [1.29, 1.82) is 5.41 Å². The Balaban J connectivity index is 2.88. The fraction of sp³-hybridized carbons (Fsp3) is 0.538. The summed E-state index contributed by atoms with van der Waals surface area (Å²) < 4.78 is 0. The highest BCUT2D eigenvalue weighted by Crippen LogP contribution is 2.23. The SMILES string of the molecule is CC(C)=C1NC(=O)C(C(=N)CC(O)C[C@H](C)O)=C1O. The van der Waals surface area contributed by atoms with Crippen molar-refractivity contribution in [2.24, 2.45) is 0 Å². The van der Waals surface area contributed by atoms with Gasteiger partial charge in [-0.25, -0.2) is 0 Å². The first kappa shape index (κ1) is 15.4. The average Bonchev–Trinajstić information content (AvgIpc) is 2.52. The van der Waals surface area contributed by atoms with Crippen molar-refractivity contribution >= 4 is 11.6 Å². The summed E-state index contributed by atoms with van der Waals surface area (Å²) in [6, 6.07) is 0. The van der Waals surface area contributed by atoms with E-state index in [0.29, 0.717) is 5.70 Å². The minimum Gasteiger partial charge on any atom is -0.505 e. The Bertz CT molecular complexity index is 459. The molecule has 0 aromatic carbocycles. The zero-order valence-corrected chi connectivity index (χ0v) is 11.3. The lowest BCUT2D eigenvalue weighted by atomic mass is 10.0. The van der Waals surface area contributed by atoms with Gasteiger partial charge in [0.25, 0.3) is 5.91 Å². The maximum atomic E-state index is 11.7. The van der Waals surface area contributed by atoms with E-state index in [1.54, 1.807) is 13.8 Å². The Labute approximate surface area is 112 Å². The van der Waals surface area contributed by atoms with Gasteiger partial charge in [-0.15, -0.1) is 0 Å². The quantitative estimate of drug-likeness (QED) is 0.474. The largest absolute Gasteiger partial charge is 0.505 e. The minimum atomic E-state index is -0.920. The number of carbonyl (C=O) groups is 1. The second-order valence-electron chi connectivity index (χ2n) is 4.97. The number of aliphatic hydroxyl groups excluding tert-OH is 3. The molecule has 1 rings (SSSR count). The molecular weight excluding hydrogens is 248 g/mol. The van der Waals surface area contributed by atoms with E-state index >= 15 is 0 Å². The van der Waals surface area contributed by atoms with Crippen LogP contribution in [0.4, 0.5) is 0 Å². The second kappa shape index (κ2) is 5.99. The summed E-state index contributed by atoms with van der Waals surface area (Å²) in [5.74, 6) is -0.790. The maximum absolute atomic E-state index is 11.7. The van der Waals surface area contributed by atoms with Crippen LogP contribution < -0.4 is 5.32 Å². The molecule has 0 saturated carbocycles. The molecule has 1 heterocycles. The number of allylic oxidation sites excluding steroid dienone is 1. The van der Waals surface area contributed by atoms with E-state index in [4.69, 9.17) is 10.5 Å². The molecule has 0 radical (unpaired) electrons. The number of hydrogen-bond acceptors (Lipinski definition) is 5. The second-order valence-corrected chi connectivity index (χ2v) is 4.97. The molecular formula is C13H20N2O4. The molecule has 6 nitrogen and oxygen atoms in total. The number of hydrogen-bond donors (Lipinski definition) is 5. The van der Waals surface area contributed by atoms with Crippen LogP contribution in [0.1, 0.15) is 33.6 Å². The molecule has 2 atom stereocenters. The third-order valence-electron chi connectivity index (χ3n) is 2.79. The van der Waals surface area contributed by atoms with E-state index in [9.17, 15) is 15.0 Å². The van der Waals surface area contributed by atoms with Crippen LogP contribution in [0.5, 0.6) is 0 Å². The third-order valence-corrected chi connectivity index (χ3v) is 2.79. The van der Waals surface area contributed by atoms with E-state index in [0.717, 1.165) is 5.57 Å². The minimum absolute atomic E-state index is 0.0895.